The predicted molar refractivity (Wildman–Crippen MR) is 62.4 cm³/mol. The van der Waals surface area contributed by atoms with Gasteiger partial charge in [0.15, 0.2) is 0 Å². The molecule has 3 N–H and O–H groups in total. The largest absolute Gasteiger partial charge is 0.480 e. The first-order valence-electron chi connectivity index (χ1n) is 5.87. The quantitative estimate of drug-likeness (QED) is 0.714. The molecule has 18 heavy (non-hydrogen) atoms. The predicted octanol–water partition coefficient (Wildman–Crippen LogP) is 0.522. The van der Waals surface area contributed by atoms with E-state index in [-0.39, 0.29) is 0 Å². The van der Waals surface area contributed by atoms with Crippen molar-refractivity contribution in [2.75, 3.05) is 0 Å². The summed E-state index contributed by atoms with van der Waals surface area (Å²) in [5.74, 6) is -1.04. The summed E-state index contributed by atoms with van der Waals surface area (Å²) >= 11 is 0. The lowest BCUT2D eigenvalue weighted by molar-refractivity contribution is -0.145. The maximum Gasteiger partial charge on any atom is 0.333 e. The van der Waals surface area contributed by atoms with E-state index in [1.54, 1.807) is 0 Å². The highest BCUT2D eigenvalue weighted by Gasteiger charge is 2.41. The minimum absolute atomic E-state index is 0.396. The van der Waals surface area contributed by atoms with Gasteiger partial charge in [-0.15, -0.1) is 0 Å². The number of H-pyrrole nitrogens is 1. The molecule has 0 atom stereocenters. The van der Waals surface area contributed by atoms with Gasteiger partial charge in [0.05, 0.1) is 0 Å². The number of amides is 1. The highest BCUT2D eigenvalue weighted by atomic mass is 16.4. The zero-order valence-corrected chi connectivity index (χ0v) is 9.81. The Hall–Kier alpha value is -2.05. The molecule has 0 aliphatic heterocycles. The maximum atomic E-state index is 11.9. The molecule has 0 saturated heterocycles. The molecular weight excluding hydrogens is 238 g/mol. The Morgan fingerprint density at radius 1 is 1.33 bits per heavy atom. The van der Waals surface area contributed by atoms with Crippen LogP contribution in [-0.2, 0) is 4.79 Å². The number of hydrogen-bond donors (Lipinski definition) is 3. The number of aromatic nitrogens is 2. The van der Waals surface area contributed by atoms with Gasteiger partial charge in [-0.05, 0) is 12.8 Å². The van der Waals surface area contributed by atoms with E-state index in [1.807, 2.05) is 0 Å². The van der Waals surface area contributed by atoms with Crippen LogP contribution in [0.25, 0.3) is 0 Å². The summed E-state index contributed by atoms with van der Waals surface area (Å²) in [6.45, 7) is 0. The van der Waals surface area contributed by atoms with Crippen LogP contribution in [0.1, 0.15) is 32.1 Å². The van der Waals surface area contributed by atoms with Crippen molar-refractivity contribution >= 4 is 12.0 Å². The van der Waals surface area contributed by atoms with Crippen molar-refractivity contribution in [3.8, 4) is 0 Å². The Kier molecular flexibility index (Phi) is 3.22. The number of nitrogens with one attached hydrogen (secondary N) is 2. The average Bonchev–Trinajstić information content (AvgIpc) is 2.76. The second-order valence-electron chi connectivity index (χ2n) is 4.51. The molecule has 0 unspecified atom stereocenters. The summed E-state index contributed by atoms with van der Waals surface area (Å²) in [6, 6.07) is -0.703. The molecule has 7 heteroatoms. The highest BCUT2D eigenvalue weighted by molar-refractivity contribution is 5.87. The molecule has 1 fully saturated rings. The normalized spacial score (nSPS) is 18.2. The zero-order chi connectivity index (χ0) is 13.2. The van der Waals surface area contributed by atoms with Crippen molar-refractivity contribution in [3.63, 3.8) is 0 Å². The summed E-state index contributed by atoms with van der Waals surface area (Å²) < 4.78 is 0.833. The third-order valence-corrected chi connectivity index (χ3v) is 3.33. The smallest absolute Gasteiger partial charge is 0.333 e. The van der Waals surface area contributed by atoms with Crippen LogP contribution in [0.2, 0.25) is 0 Å². The lowest BCUT2D eigenvalue weighted by Crippen LogP contribution is -2.57. The van der Waals surface area contributed by atoms with Crippen LogP contribution in [0.3, 0.4) is 0 Å². The Morgan fingerprint density at radius 3 is 2.50 bits per heavy atom. The van der Waals surface area contributed by atoms with E-state index in [0.29, 0.717) is 12.8 Å². The first kappa shape index (κ1) is 12.4. The van der Waals surface area contributed by atoms with Gasteiger partial charge in [-0.3, -0.25) is 0 Å². The number of aliphatic carboxylic acids is 1. The summed E-state index contributed by atoms with van der Waals surface area (Å²) in [6.07, 6.45) is 5.88. The number of nitrogens with zero attached hydrogens (tertiary/aromatic N) is 1. The third-order valence-electron chi connectivity index (χ3n) is 3.33. The summed E-state index contributed by atoms with van der Waals surface area (Å²) in [5, 5.41) is 11.8. The summed E-state index contributed by atoms with van der Waals surface area (Å²) in [4.78, 5) is 36.8. The van der Waals surface area contributed by atoms with E-state index in [1.165, 1.54) is 12.4 Å². The van der Waals surface area contributed by atoms with E-state index in [0.717, 1.165) is 23.8 Å². The zero-order valence-electron chi connectivity index (χ0n) is 9.81. The monoisotopic (exact) mass is 253 g/mol. The van der Waals surface area contributed by atoms with Crippen molar-refractivity contribution < 1.29 is 14.7 Å². The molecule has 0 spiro atoms. The molecule has 1 heterocycles. The highest BCUT2D eigenvalue weighted by Crippen LogP contribution is 2.28. The fourth-order valence-corrected chi connectivity index (χ4v) is 2.29. The van der Waals surface area contributed by atoms with Crippen LogP contribution < -0.4 is 11.0 Å². The lowest BCUT2D eigenvalue weighted by Gasteiger charge is -2.33. The molecule has 0 bridgehead atoms. The van der Waals surface area contributed by atoms with Gasteiger partial charge in [0, 0.05) is 12.4 Å². The van der Waals surface area contributed by atoms with Crippen molar-refractivity contribution in [1.82, 2.24) is 14.9 Å². The number of imidazole rings is 1. The molecule has 0 aromatic carbocycles. The van der Waals surface area contributed by atoms with E-state index in [2.05, 4.69) is 10.3 Å². The number of carbonyl (C=O) groups is 2. The van der Waals surface area contributed by atoms with E-state index >= 15 is 0 Å². The lowest BCUT2D eigenvalue weighted by atomic mass is 9.82. The molecular formula is C11H15N3O4. The molecule has 0 radical (unpaired) electrons. The third kappa shape index (κ3) is 2.15. The maximum absolute atomic E-state index is 11.9. The minimum atomic E-state index is -1.24. The van der Waals surface area contributed by atoms with E-state index in [4.69, 9.17) is 0 Å². The number of rotatable bonds is 2. The van der Waals surface area contributed by atoms with Crippen molar-refractivity contribution in [2.24, 2.45) is 0 Å². The van der Waals surface area contributed by atoms with Gasteiger partial charge in [-0.2, -0.15) is 0 Å². The molecule has 98 valence electrons. The molecule has 1 saturated carbocycles. The molecule has 1 amide bonds. The Morgan fingerprint density at radius 2 is 2.00 bits per heavy atom. The minimum Gasteiger partial charge on any atom is -0.480 e. The standard InChI is InChI=1S/C11H15N3O4/c15-8(16)11(4-2-1-3-5-11)13-10(18)14-7-6-12-9(14)17/h6-7H,1-5H2,(H,12,17)(H,13,18)(H,15,16). The summed E-state index contributed by atoms with van der Waals surface area (Å²) in [5.41, 5.74) is -1.82. The number of carboxylic acid groups (broad SMARTS) is 1. The van der Waals surface area contributed by atoms with Gasteiger partial charge in [0.25, 0.3) is 0 Å². The second kappa shape index (κ2) is 4.67. The Balaban J connectivity index is 2.20. The van der Waals surface area contributed by atoms with Crippen molar-refractivity contribution in [2.45, 2.75) is 37.6 Å². The number of carbonyl (C=O) groups excluding carboxylic acids is 1. The van der Waals surface area contributed by atoms with Gasteiger partial charge < -0.3 is 15.4 Å². The molecule has 1 aromatic rings. The summed E-state index contributed by atoms with van der Waals surface area (Å²) in [7, 11) is 0. The van der Waals surface area contributed by atoms with Crippen LogP contribution in [0, 0.1) is 0 Å². The Labute approximate surface area is 103 Å². The van der Waals surface area contributed by atoms with Crippen LogP contribution in [-0.4, -0.2) is 32.2 Å². The molecule has 1 aliphatic rings. The Bertz CT molecular complexity index is 510. The number of carboxylic acids is 1. The van der Waals surface area contributed by atoms with E-state index in [9.17, 15) is 19.5 Å². The molecule has 1 aliphatic carbocycles. The first-order chi connectivity index (χ1) is 8.55. The van der Waals surface area contributed by atoms with Crippen LogP contribution >= 0.6 is 0 Å². The van der Waals surface area contributed by atoms with Crippen molar-refractivity contribution in [3.05, 3.63) is 22.9 Å². The first-order valence-corrected chi connectivity index (χ1v) is 5.87. The average molecular weight is 253 g/mol. The van der Waals surface area contributed by atoms with Gasteiger partial charge in [0.2, 0.25) is 0 Å². The van der Waals surface area contributed by atoms with Gasteiger partial charge in [0.1, 0.15) is 5.54 Å². The van der Waals surface area contributed by atoms with Crippen LogP contribution in [0.15, 0.2) is 17.2 Å². The fourth-order valence-electron chi connectivity index (χ4n) is 2.29. The second-order valence-corrected chi connectivity index (χ2v) is 4.51. The molecule has 1 aromatic heterocycles. The van der Waals surface area contributed by atoms with Gasteiger partial charge >= 0.3 is 17.7 Å². The fraction of sp³-hybridized carbons (Fsp3) is 0.545. The van der Waals surface area contributed by atoms with Crippen LogP contribution in [0.5, 0.6) is 0 Å². The SMILES string of the molecule is O=C(NC1(C(=O)O)CCCCC1)n1cc[nH]c1=O. The molecule has 2 rings (SSSR count). The number of aromatic amines is 1. The molecule has 7 nitrogen and oxygen atoms in total. The van der Waals surface area contributed by atoms with Gasteiger partial charge in [-0.25, -0.2) is 19.0 Å². The topological polar surface area (TPSA) is 104 Å². The van der Waals surface area contributed by atoms with Crippen LogP contribution in [0.4, 0.5) is 4.79 Å². The van der Waals surface area contributed by atoms with Gasteiger partial charge in [-0.1, -0.05) is 19.3 Å². The van der Waals surface area contributed by atoms with E-state index < -0.39 is 23.2 Å². The number of hydrogen-bond acceptors (Lipinski definition) is 3. The van der Waals surface area contributed by atoms with Crippen molar-refractivity contribution in [1.29, 1.82) is 0 Å².